The number of amides is 1. The van der Waals surface area contributed by atoms with Crippen LogP contribution in [-0.4, -0.2) is 25.7 Å². The molecule has 0 saturated heterocycles. The maximum absolute atomic E-state index is 11.9. The Morgan fingerprint density at radius 3 is 2.44 bits per heavy atom. The molecule has 0 spiro atoms. The van der Waals surface area contributed by atoms with Crippen molar-refractivity contribution in [1.82, 2.24) is 0 Å². The molecule has 0 heterocycles. The van der Waals surface area contributed by atoms with Gasteiger partial charge < -0.3 is 20.5 Å². The second-order valence-corrected chi connectivity index (χ2v) is 5.43. The molecule has 0 aliphatic heterocycles. The van der Waals surface area contributed by atoms with E-state index in [9.17, 15) is 4.79 Å². The van der Waals surface area contributed by atoms with Crippen LogP contribution in [0.15, 0.2) is 48.5 Å². The van der Waals surface area contributed by atoms with Crippen molar-refractivity contribution < 1.29 is 14.3 Å². The molecule has 6 heteroatoms. The van der Waals surface area contributed by atoms with Crippen LogP contribution in [0, 0.1) is 6.92 Å². The topological polar surface area (TPSA) is 73.6 Å². The van der Waals surface area contributed by atoms with E-state index in [1.807, 2.05) is 55.5 Å². The SMILES string of the molecule is Cc1ccccc1OCCCC(=O)Nc1ccc(OCCN)cc1.Cl. The van der Waals surface area contributed by atoms with E-state index in [0.29, 0.717) is 32.6 Å². The summed E-state index contributed by atoms with van der Waals surface area (Å²) in [5.74, 6) is 1.58. The first-order chi connectivity index (χ1) is 11.7. The summed E-state index contributed by atoms with van der Waals surface area (Å²) >= 11 is 0. The summed E-state index contributed by atoms with van der Waals surface area (Å²) in [5.41, 5.74) is 7.23. The highest BCUT2D eigenvalue weighted by molar-refractivity contribution is 5.90. The molecule has 25 heavy (non-hydrogen) atoms. The molecular formula is C19H25ClN2O3. The summed E-state index contributed by atoms with van der Waals surface area (Å²) in [5, 5.41) is 2.86. The number of benzene rings is 2. The third kappa shape index (κ3) is 7.45. The number of rotatable bonds is 9. The Balaban J connectivity index is 0.00000312. The molecule has 1 amide bonds. The molecule has 0 aromatic heterocycles. The van der Waals surface area contributed by atoms with Crippen molar-refractivity contribution in [2.45, 2.75) is 19.8 Å². The highest BCUT2D eigenvalue weighted by Crippen LogP contribution is 2.17. The molecule has 0 radical (unpaired) electrons. The number of halogens is 1. The smallest absolute Gasteiger partial charge is 0.224 e. The van der Waals surface area contributed by atoms with Crippen LogP contribution in [-0.2, 0) is 4.79 Å². The van der Waals surface area contributed by atoms with Crippen molar-refractivity contribution in [3.8, 4) is 11.5 Å². The van der Waals surface area contributed by atoms with Crippen LogP contribution in [0.2, 0.25) is 0 Å². The van der Waals surface area contributed by atoms with Crippen molar-refractivity contribution in [3.05, 3.63) is 54.1 Å². The van der Waals surface area contributed by atoms with Crippen LogP contribution in [0.5, 0.6) is 11.5 Å². The molecule has 0 aliphatic carbocycles. The van der Waals surface area contributed by atoms with E-state index in [1.54, 1.807) is 0 Å². The number of nitrogens with two attached hydrogens (primary N) is 1. The van der Waals surface area contributed by atoms with Gasteiger partial charge in [-0.05, 0) is 49.2 Å². The fourth-order valence-corrected chi connectivity index (χ4v) is 2.17. The minimum absolute atomic E-state index is 0. The molecule has 2 rings (SSSR count). The average molecular weight is 365 g/mol. The van der Waals surface area contributed by atoms with Crippen molar-refractivity contribution >= 4 is 24.0 Å². The van der Waals surface area contributed by atoms with Crippen molar-refractivity contribution in [2.75, 3.05) is 25.1 Å². The van der Waals surface area contributed by atoms with Gasteiger partial charge in [0.25, 0.3) is 0 Å². The van der Waals surface area contributed by atoms with E-state index in [2.05, 4.69) is 5.32 Å². The molecule has 3 N–H and O–H groups in total. The minimum Gasteiger partial charge on any atom is -0.493 e. The van der Waals surface area contributed by atoms with Gasteiger partial charge in [-0.3, -0.25) is 4.79 Å². The number of hydrogen-bond acceptors (Lipinski definition) is 4. The predicted molar refractivity (Wildman–Crippen MR) is 103 cm³/mol. The molecule has 5 nitrogen and oxygen atoms in total. The van der Waals surface area contributed by atoms with E-state index in [0.717, 1.165) is 22.7 Å². The monoisotopic (exact) mass is 364 g/mol. The summed E-state index contributed by atoms with van der Waals surface area (Å²) in [6.07, 6.45) is 1.08. The molecule has 0 fully saturated rings. The Kier molecular flexibility index (Phi) is 9.43. The van der Waals surface area contributed by atoms with E-state index >= 15 is 0 Å². The van der Waals surface area contributed by atoms with Crippen LogP contribution < -0.4 is 20.5 Å². The van der Waals surface area contributed by atoms with E-state index in [4.69, 9.17) is 15.2 Å². The van der Waals surface area contributed by atoms with Gasteiger partial charge in [-0.25, -0.2) is 0 Å². The van der Waals surface area contributed by atoms with Crippen LogP contribution >= 0.6 is 12.4 Å². The van der Waals surface area contributed by atoms with Crippen LogP contribution in [0.1, 0.15) is 18.4 Å². The lowest BCUT2D eigenvalue weighted by atomic mass is 10.2. The van der Waals surface area contributed by atoms with Gasteiger partial charge in [-0.2, -0.15) is 0 Å². The standard InChI is InChI=1S/C19H24N2O3.ClH/c1-15-5-2-3-6-18(15)24-13-4-7-19(22)21-16-8-10-17(11-9-16)23-14-12-20;/h2-3,5-6,8-11H,4,7,12-14,20H2,1H3,(H,21,22);1H. The zero-order chi connectivity index (χ0) is 17.2. The highest BCUT2D eigenvalue weighted by Gasteiger charge is 2.04. The van der Waals surface area contributed by atoms with E-state index in [1.165, 1.54) is 0 Å². The fourth-order valence-electron chi connectivity index (χ4n) is 2.17. The highest BCUT2D eigenvalue weighted by atomic mass is 35.5. The number of carbonyl (C=O) groups excluding carboxylic acids is 1. The van der Waals surface area contributed by atoms with Crippen molar-refractivity contribution in [1.29, 1.82) is 0 Å². The molecule has 2 aromatic rings. The Morgan fingerprint density at radius 2 is 1.76 bits per heavy atom. The first-order valence-corrected chi connectivity index (χ1v) is 8.10. The van der Waals surface area contributed by atoms with Crippen LogP contribution in [0.4, 0.5) is 5.69 Å². The van der Waals surface area contributed by atoms with Crippen molar-refractivity contribution in [3.63, 3.8) is 0 Å². The Labute approximate surface area is 154 Å². The van der Waals surface area contributed by atoms with Crippen LogP contribution in [0.25, 0.3) is 0 Å². The third-order valence-corrected chi connectivity index (χ3v) is 3.42. The summed E-state index contributed by atoms with van der Waals surface area (Å²) in [6, 6.07) is 15.1. The van der Waals surface area contributed by atoms with Gasteiger partial charge in [-0.1, -0.05) is 18.2 Å². The number of hydrogen-bond donors (Lipinski definition) is 2. The van der Waals surface area contributed by atoms with E-state index in [-0.39, 0.29) is 18.3 Å². The molecule has 0 aliphatic rings. The lowest BCUT2D eigenvalue weighted by Gasteiger charge is -2.09. The number of aryl methyl sites for hydroxylation is 1. The molecule has 136 valence electrons. The fraction of sp³-hybridized carbons (Fsp3) is 0.316. The quantitative estimate of drug-likeness (QED) is 0.667. The molecule has 0 unspecified atom stereocenters. The van der Waals surface area contributed by atoms with Gasteiger partial charge in [0.05, 0.1) is 6.61 Å². The number of anilines is 1. The molecule has 0 saturated carbocycles. The second kappa shape index (κ2) is 11.3. The largest absolute Gasteiger partial charge is 0.493 e. The Hall–Kier alpha value is -2.24. The summed E-state index contributed by atoms with van der Waals surface area (Å²) in [7, 11) is 0. The van der Waals surface area contributed by atoms with Crippen LogP contribution in [0.3, 0.4) is 0 Å². The van der Waals surface area contributed by atoms with E-state index < -0.39 is 0 Å². The zero-order valence-electron chi connectivity index (χ0n) is 14.4. The summed E-state index contributed by atoms with van der Waals surface area (Å²) in [4.78, 5) is 11.9. The van der Waals surface area contributed by atoms with Gasteiger partial charge in [0.15, 0.2) is 0 Å². The predicted octanol–water partition coefficient (Wildman–Crippen LogP) is 3.55. The number of para-hydroxylation sites is 1. The summed E-state index contributed by atoms with van der Waals surface area (Å²) < 4.78 is 11.1. The zero-order valence-corrected chi connectivity index (χ0v) is 15.2. The lowest BCUT2D eigenvalue weighted by Crippen LogP contribution is -2.13. The molecule has 0 atom stereocenters. The van der Waals surface area contributed by atoms with Gasteiger partial charge >= 0.3 is 0 Å². The molecule has 2 aromatic carbocycles. The molecule has 0 bridgehead atoms. The maximum atomic E-state index is 11.9. The number of ether oxygens (including phenoxy) is 2. The Bertz CT molecular complexity index is 647. The van der Waals surface area contributed by atoms with Gasteiger partial charge in [0, 0.05) is 18.7 Å². The molecular weight excluding hydrogens is 340 g/mol. The van der Waals surface area contributed by atoms with Crippen molar-refractivity contribution in [2.24, 2.45) is 5.73 Å². The van der Waals surface area contributed by atoms with Gasteiger partial charge in [-0.15, -0.1) is 12.4 Å². The van der Waals surface area contributed by atoms with Gasteiger partial charge in [0.1, 0.15) is 18.1 Å². The minimum atomic E-state index is -0.0287. The first-order valence-electron chi connectivity index (χ1n) is 8.10. The number of nitrogens with one attached hydrogen (secondary N) is 1. The number of carbonyl (C=O) groups is 1. The lowest BCUT2D eigenvalue weighted by molar-refractivity contribution is -0.116. The second-order valence-electron chi connectivity index (χ2n) is 5.43. The summed E-state index contributed by atoms with van der Waals surface area (Å²) in [6.45, 7) is 3.47. The normalized spacial score (nSPS) is 9.84. The third-order valence-electron chi connectivity index (χ3n) is 3.42. The first kappa shape index (κ1) is 20.8. The maximum Gasteiger partial charge on any atom is 0.224 e. The Morgan fingerprint density at radius 1 is 1.04 bits per heavy atom. The van der Waals surface area contributed by atoms with Gasteiger partial charge in [0.2, 0.25) is 5.91 Å². The average Bonchev–Trinajstić information content (AvgIpc) is 2.59.